The molecule has 0 aliphatic heterocycles. The van der Waals surface area contributed by atoms with Crippen LogP contribution in [0.15, 0.2) is 48.5 Å². The average Bonchev–Trinajstić information content (AvgIpc) is 2.91. The van der Waals surface area contributed by atoms with Crippen molar-refractivity contribution in [3.63, 3.8) is 0 Å². The highest BCUT2D eigenvalue weighted by atomic mass is 16.1. The van der Waals surface area contributed by atoms with Gasteiger partial charge in [0.15, 0.2) is 0 Å². The Balaban J connectivity index is 2.06. The van der Waals surface area contributed by atoms with Crippen molar-refractivity contribution in [2.45, 2.75) is 19.9 Å². The van der Waals surface area contributed by atoms with Gasteiger partial charge in [-0.15, -0.1) is 0 Å². The summed E-state index contributed by atoms with van der Waals surface area (Å²) in [5.41, 5.74) is 8.78. The lowest BCUT2D eigenvalue weighted by Crippen LogP contribution is -2.10. The molecule has 3 aromatic rings. The van der Waals surface area contributed by atoms with Crippen LogP contribution in [-0.2, 0) is 6.54 Å². The van der Waals surface area contributed by atoms with Gasteiger partial charge in [-0.3, -0.25) is 4.79 Å². The largest absolute Gasteiger partial charge is 0.366 e. The molecule has 0 aliphatic carbocycles. The number of hydrogen-bond acceptors (Lipinski definition) is 2. The first kappa shape index (κ1) is 15.0. The molecule has 2 N–H and O–H groups in total. The maximum atomic E-state index is 11.3. The van der Waals surface area contributed by atoms with Crippen LogP contribution in [0, 0.1) is 0 Å². The molecule has 2 aromatic carbocycles. The molecule has 4 heteroatoms. The monoisotopic (exact) mass is 305 g/mol. The normalized spacial score (nSPS) is 11.3. The van der Waals surface area contributed by atoms with E-state index < -0.39 is 5.91 Å². The molecule has 0 bridgehead atoms. The Labute approximate surface area is 135 Å². The number of fused-ring (bicyclic) bond motifs is 1. The molecule has 0 spiro atoms. The Bertz CT molecular complexity index is 863. The zero-order valence-electron chi connectivity index (χ0n) is 13.1. The van der Waals surface area contributed by atoms with Crippen LogP contribution in [0.1, 0.15) is 35.1 Å². The Kier molecular flexibility index (Phi) is 4.24. The van der Waals surface area contributed by atoms with Gasteiger partial charge in [0.05, 0.1) is 11.0 Å². The summed E-state index contributed by atoms with van der Waals surface area (Å²) < 4.78 is 2.17. The number of hydrogen-bond donors (Lipinski definition) is 1. The predicted molar refractivity (Wildman–Crippen MR) is 93.9 cm³/mol. The van der Waals surface area contributed by atoms with Gasteiger partial charge in [-0.2, -0.15) is 0 Å². The highest BCUT2D eigenvalue weighted by Crippen LogP contribution is 2.20. The lowest BCUT2D eigenvalue weighted by atomic mass is 10.2. The summed E-state index contributed by atoms with van der Waals surface area (Å²) in [7, 11) is 0. The molecule has 4 nitrogen and oxygen atoms in total. The molecule has 0 radical (unpaired) electrons. The number of aryl methyl sites for hydroxylation is 1. The minimum atomic E-state index is -0.432. The minimum absolute atomic E-state index is 0.432. The quantitative estimate of drug-likeness (QED) is 0.781. The number of nitrogens with zero attached hydrogens (tertiary/aromatic N) is 2. The number of benzene rings is 2. The van der Waals surface area contributed by atoms with Crippen LogP contribution < -0.4 is 5.73 Å². The molecule has 1 heterocycles. The molecule has 0 saturated carbocycles. The third-order valence-corrected chi connectivity index (χ3v) is 3.73. The van der Waals surface area contributed by atoms with Crippen molar-refractivity contribution in [2.24, 2.45) is 5.73 Å². The van der Waals surface area contributed by atoms with Gasteiger partial charge < -0.3 is 10.3 Å². The second-order valence-electron chi connectivity index (χ2n) is 5.43. The van der Waals surface area contributed by atoms with E-state index in [0.717, 1.165) is 35.4 Å². The lowest BCUT2D eigenvalue weighted by molar-refractivity contribution is 0.100. The van der Waals surface area contributed by atoms with Crippen molar-refractivity contribution >= 4 is 29.1 Å². The van der Waals surface area contributed by atoms with Crippen LogP contribution in [0.25, 0.3) is 23.2 Å². The molecule has 3 rings (SSSR count). The van der Waals surface area contributed by atoms with Gasteiger partial charge in [-0.1, -0.05) is 43.3 Å². The fourth-order valence-corrected chi connectivity index (χ4v) is 2.62. The van der Waals surface area contributed by atoms with Crippen molar-refractivity contribution < 1.29 is 4.79 Å². The maximum Gasteiger partial charge on any atom is 0.248 e. The van der Waals surface area contributed by atoms with E-state index in [4.69, 9.17) is 5.73 Å². The molecule has 0 fully saturated rings. The van der Waals surface area contributed by atoms with Crippen molar-refractivity contribution in [1.82, 2.24) is 9.55 Å². The average molecular weight is 305 g/mol. The number of carbonyl (C=O) groups excluding carboxylic acids is 1. The van der Waals surface area contributed by atoms with Crippen molar-refractivity contribution in [1.29, 1.82) is 0 Å². The van der Waals surface area contributed by atoms with Crippen LogP contribution in [0.2, 0.25) is 0 Å². The zero-order chi connectivity index (χ0) is 16.2. The first-order chi connectivity index (χ1) is 11.2. The molecular formula is C19H19N3O. The van der Waals surface area contributed by atoms with Crippen LogP contribution in [0.5, 0.6) is 0 Å². The first-order valence-corrected chi connectivity index (χ1v) is 7.72. The number of imidazole rings is 1. The van der Waals surface area contributed by atoms with Crippen molar-refractivity contribution in [2.75, 3.05) is 0 Å². The molecule has 0 unspecified atom stereocenters. The van der Waals surface area contributed by atoms with Gasteiger partial charge in [-0.05, 0) is 36.3 Å². The summed E-state index contributed by atoms with van der Waals surface area (Å²) in [6.07, 6.45) is 5.06. The van der Waals surface area contributed by atoms with E-state index in [1.807, 2.05) is 36.4 Å². The number of nitrogens with two attached hydrogens (primary N) is 1. The van der Waals surface area contributed by atoms with E-state index in [2.05, 4.69) is 28.6 Å². The summed E-state index contributed by atoms with van der Waals surface area (Å²) in [5.74, 6) is 0.450. The SMILES string of the molecule is CCCn1c(C=Cc2ccccc2)nc2cc(C(N)=O)ccc21. The summed E-state index contributed by atoms with van der Waals surface area (Å²) in [6, 6.07) is 15.5. The third kappa shape index (κ3) is 3.16. The van der Waals surface area contributed by atoms with Crippen molar-refractivity contribution in [3.8, 4) is 0 Å². The topological polar surface area (TPSA) is 60.9 Å². The van der Waals surface area contributed by atoms with Gasteiger partial charge in [-0.25, -0.2) is 4.98 Å². The minimum Gasteiger partial charge on any atom is -0.366 e. The molecule has 23 heavy (non-hydrogen) atoms. The van der Waals surface area contributed by atoms with Gasteiger partial charge in [0.1, 0.15) is 5.82 Å². The van der Waals surface area contributed by atoms with E-state index >= 15 is 0 Å². The predicted octanol–water partition coefficient (Wildman–Crippen LogP) is 3.72. The Hall–Kier alpha value is -2.88. The number of carbonyl (C=O) groups is 1. The Morgan fingerprint density at radius 3 is 2.65 bits per heavy atom. The molecule has 1 amide bonds. The number of amides is 1. The fourth-order valence-electron chi connectivity index (χ4n) is 2.62. The summed E-state index contributed by atoms with van der Waals surface area (Å²) in [6.45, 7) is 3.01. The van der Waals surface area contributed by atoms with Gasteiger partial charge in [0.25, 0.3) is 0 Å². The van der Waals surface area contributed by atoms with Crippen LogP contribution in [-0.4, -0.2) is 15.5 Å². The third-order valence-electron chi connectivity index (χ3n) is 3.73. The van der Waals surface area contributed by atoms with Gasteiger partial charge >= 0.3 is 0 Å². The molecular weight excluding hydrogens is 286 g/mol. The van der Waals surface area contributed by atoms with E-state index in [9.17, 15) is 4.79 Å². The van der Waals surface area contributed by atoms with Gasteiger partial charge in [0.2, 0.25) is 5.91 Å². The molecule has 0 atom stereocenters. The lowest BCUT2D eigenvalue weighted by Gasteiger charge is -2.05. The summed E-state index contributed by atoms with van der Waals surface area (Å²) in [4.78, 5) is 16.0. The van der Waals surface area contributed by atoms with E-state index in [1.54, 1.807) is 12.1 Å². The maximum absolute atomic E-state index is 11.3. The van der Waals surface area contributed by atoms with Crippen LogP contribution in [0.4, 0.5) is 0 Å². The number of rotatable bonds is 5. The van der Waals surface area contributed by atoms with E-state index in [1.165, 1.54) is 0 Å². The number of primary amides is 1. The molecule has 0 saturated heterocycles. The first-order valence-electron chi connectivity index (χ1n) is 7.72. The Morgan fingerprint density at radius 1 is 1.17 bits per heavy atom. The summed E-state index contributed by atoms with van der Waals surface area (Å²) >= 11 is 0. The zero-order valence-corrected chi connectivity index (χ0v) is 13.1. The molecule has 1 aromatic heterocycles. The van der Waals surface area contributed by atoms with E-state index in [0.29, 0.717) is 5.56 Å². The van der Waals surface area contributed by atoms with E-state index in [-0.39, 0.29) is 0 Å². The highest BCUT2D eigenvalue weighted by molar-refractivity contribution is 5.96. The molecule has 116 valence electrons. The van der Waals surface area contributed by atoms with Gasteiger partial charge in [0, 0.05) is 12.1 Å². The smallest absolute Gasteiger partial charge is 0.248 e. The van der Waals surface area contributed by atoms with Crippen molar-refractivity contribution in [3.05, 3.63) is 65.5 Å². The standard InChI is InChI=1S/C19H19N3O/c1-2-12-22-17-10-9-15(19(20)23)13-16(17)21-18(22)11-8-14-6-4-3-5-7-14/h3-11,13H,2,12H2,1H3,(H2,20,23). The number of aromatic nitrogens is 2. The second kappa shape index (κ2) is 6.48. The van der Waals surface area contributed by atoms with Crippen LogP contribution in [0.3, 0.4) is 0 Å². The highest BCUT2D eigenvalue weighted by Gasteiger charge is 2.10. The fraction of sp³-hybridized carbons (Fsp3) is 0.158. The summed E-state index contributed by atoms with van der Waals surface area (Å²) in [5, 5.41) is 0. The molecule has 0 aliphatic rings. The van der Waals surface area contributed by atoms with Crippen LogP contribution >= 0.6 is 0 Å². The Morgan fingerprint density at radius 2 is 1.96 bits per heavy atom. The second-order valence-corrected chi connectivity index (χ2v) is 5.43.